The molecular formula is C30H35FN6O3. The Bertz CT molecular complexity index is 1480. The van der Waals surface area contributed by atoms with Crippen LogP contribution < -0.4 is 16.0 Å². The van der Waals surface area contributed by atoms with Crippen molar-refractivity contribution in [1.29, 1.82) is 0 Å². The van der Waals surface area contributed by atoms with Gasteiger partial charge in [0.15, 0.2) is 0 Å². The summed E-state index contributed by atoms with van der Waals surface area (Å²) in [4.78, 5) is 34.3. The SMILES string of the molecule is CC(C)Nc1cc(-n2ccc3cc(CNC(=O)Cc4ccccc4)cnc32)ncc1C(=O)NCC(F)C(C)(C)O. The summed E-state index contributed by atoms with van der Waals surface area (Å²) in [7, 11) is 0. The number of fused-ring (bicyclic) bond motifs is 1. The van der Waals surface area contributed by atoms with Gasteiger partial charge < -0.3 is 21.1 Å². The molecule has 2 amide bonds. The number of anilines is 1. The minimum atomic E-state index is -1.62. The van der Waals surface area contributed by atoms with Gasteiger partial charge in [-0.15, -0.1) is 0 Å². The van der Waals surface area contributed by atoms with Crippen LogP contribution in [0, 0.1) is 0 Å². The van der Waals surface area contributed by atoms with Crippen molar-refractivity contribution in [2.45, 2.75) is 58.5 Å². The molecule has 0 fully saturated rings. The van der Waals surface area contributed by atoms with Crippen molar-refractivity contribution in [3.8, 4) is 5.82 Å². The lowest BCUT2D eigenvalue weighted by Gasteiger charge is -2.23. The van der Waals surface area contributed by atoms with Crippen LogP contribution >= 0.6 is 0 Å². The van der Waals surface area contributed by atoms with Gasteiger partial charge in [-0.25, -0.2) is 14.4 Å². The van der Waals surface area contributed by atoms with Gasteiger partial charge in [0, 0.05) is 42.6 Å². The number of rotatable bonds is 11. The third-order valence-electron chi connectivity index (χ3n) is 6.31. The third-order valence-corrected chi connectivity index (χ3v) is 6.31. The van der Waals surface area contributed by atoms with Gasteiger partial charge in [0.2, 0.25) is 5.91 Å². The predicted molar refractivity (Wildman–Crippen MR) is 153 cm³/mol. The summed E-state index contributed by atoms with van der Waals surface area (Å²) >= 11 is 0. The molecule has 4 aromatic rings. The lowest BCUT2D eigenvalue weighted by molar-refractivity contribution is -0.120. The van der Waals surface area contributed by atoms with E-state index in [0.717, 1.165) is 16.5 Å². The van der Waals surface area contributed by atoms with E-state index < -0.39 is 17.7 Å². The van der Waals surface area contributed by atoms with E-state index in [1.807, 2.05) is 67.1 Å². The number of alkyl halides is 1. The second-order valence-electron chi connectivity index (χ2n) is 10.6. The van der Waals surface area contributed by atoms with Gasteiger partial charge in [0.25, 0.3) is 5.91 Å². The number of carbonyl (C=O) groups excluding carboxylic acids is 2. The molecule has 210 valence electrons. The molecule has 40 heavy (non-hydrogen) atoms. The molecule has 4 N–H and O–H groups in total. The van der Waals surface area contributed by atoms with Crippen LogP contribution in [-0.4, -0.2) is 55.8 Å². The fourth-order valence-electron chi connectivity index (χ4n) is 4.11. The van der Waals surface area contributed by atoms with E-state index >= 15 is 0 Å². The first-order chi connectivity index (χ1) is 19.0. The van der Waals surface area contributed by atoms with Gasteiger partial charge >= 0.3 is 0 Å². The van der Waals surface area contributed by atoms with Gasteiger partial charge in [0.1, 0.15) is 17.6 Å². The number of amides is 2. The fraction of sp³-hybridized carbons (Fsp3) is 0.333. The zero-order chi connectivity index (χ0) is 28.9. The average Bonchev–Trinajstić information content (AvgIpc) is 3.33. The van der Waals surface area contributed by atoms with Gasteiger partial charge in [-0.2, -0.15) is 0 Å². The number of hydrogen-bond acceptors (Lipinski definition) is 6. The molecule has 1 atom stereocenters. The molecule has 10 heteroatoms. The number of benzene rings is 1. The Morgan fingerprint density at radius 2 is 1.77 bits per heavy atom. The Balaban J connectivity index is 1.50. The summed E-state index contributed by atoms with van der Waals surface area (Å²) in [6.45, 7) is 6.63. The Morgan fingerprint density at radius 1 is 1.02 bits per heavy atom. The summed E-state index contributed by atoms with van der Waals surface area (Å²) in [6, 6.07) is 15.2. The Kier molecular flexibility index (Phi) is 8.79. The van der Waals surface area contributed by atoms with E-state index in [9.17, 15) is 19.1 Å². The summed E-state index contributed by atoms with van der Waals surface area (Å²) in [5, 5.41) is 19.4. The minimum Gasteiger partial charge on any atom is -0.387 e. The average molecular weight is 547 g/mol. The molecule has 0 aliphatic heterocycles. The van der Waals surface area contributed by atoms with Crippen molar-refractivity contribution in [3.05, 3.63) is 83.8 Å². The topological polar surface area (TPSA) is 121 Å². The van der Waals surface area contributed by atoms with Crippen molar-refractivity contribution in [3.63, 3.8) is 0 Å². The van der Waals surface area contributed by atoms with Gasteiger partial charge in [-0.1, -0.05) is 30.3 Å². The molecule has 9 nitrogen and oxygen atoms in total. The third kappa shape index (κ3) is 7.20. The van der Waals surface area contributed by atoms with Crippen molar-refractivity contribution < 1.29 is 19.1 Å². The number of halogens is 1. The normalized spacial score (nSPS) is 12.4. The Morgan fingerprint density at radius 3 is 2.48 bits per heavy atom. The number of aromatic nitrogens is 3. The van der Waals surface area contributed by atoms with Crippen LogP contribution in [0.15, 0.2) is 67.1 Å². The van der Waals surface area contributed by atoms with Crippen LogP contribution in [0.5, 0.6) is 0 Å². The molecule has 0 bridgehead atoms. The standard InChI is InChI=1S/C30H35FN6O3/c1-19(2)36-24-14-26(32-17-23(24)29(39)35-18-25(31)30(3,4)40)37-11-10-22-12-21(16-34-28(22)37)15-33-27(38)13-20-8-6-5-7-9-20/h5-12,14,16-17,19,25,40H,13,15,18H2,1-4H3,(H,32,36)(H,33,38)(H,35,39). The lowest BCUT2D eigenvalue weighted by atomic mass is 10.0. The number of carbonyl (C=O) groups is 2. The molecule has 1 unspecified atom stereocenters. The highest BCUT2D eigenvalue weighted by Crippen LogP contribution is 2.24. The summed E-state index contributed by atoms with van der Waals surface area (Å²) < 4.78 is 16.0. The van der Waals surface area contributed by atoms with Gasteiger partial charge in [-0.05, 0) is 51.0 Å². The highest BCUT2D eigenvalue weighted by atomic mass is 19.1. The van der Waals surface area contributed by atoms with Crippen molar-refractivity contribution >= 4 is 28.5 Å². The molecule has 4 rings (SSSR count). The molecule has 3 heterocycles. The number of nitrogens with one attached hydrogen (secondary N) is 3. The zero-order valence-electron chi connectivity index (χ0n) is 23.1. The first-order valence-corrected chi connectivity index (χ1v) is 13.2. The van der Waals surface area contributed by atoms with Crippen LogP contribution in [0.4, 0.5) is 10.1 Å². The number of hydrogen-bond donors (Lipinski definition) is 4. The largest absolute Gasteiger partial charge is 0.387 e. The Labute approximate surface area is 232 Å². The summed E-state index contributed by atoms with van der Waals surface area (Å²) in [5.41, 5.74) is 1.73. The monoisotopic (exact) mass is 546 g/mol. The maximum absolute atomic E-state index is 14.2. The number of aliphatic hydroxyl groups is 1. The quantitative estimate of drug-likeness (QED) is 0.226. The Hall–Kier alpha value is -4.31. The maximum atomic E-state index is 14.2. The van der Waals surface area contributed by atoms with Crippen molar-refractivity contribution in [2.24, 2.45) is 0 Å². The second-order valence-corrected chi connectivity index (χ2v) is 10.6. The van der Waals surface area contributed by atoms with E-state index in [1.54, 1.807) is 12.3 Å². The molecule has 0 aliphatic rings. The van der Waals surface area contributed by atoms with Gasteiger partial charge in [0.05, 0.1) is 29.8 Å². The van der Waals surface area contributed by atoms with E-state index in [1.165, 1.54) is 20.0 Å². The summed E-state index contributed by atoms with van der Waals surface area (Å²) in [5.74, 6) is -0.0148. The van der Waals surface area contributed by atoms with Crippen LogP contribution in [-0.2, 0) is 17.8 Å². The molecule has 1 aromatic carbocycles. The first-order valence-electron chi connectivity index (χ1n) is 13.2. The van der Waals surface area contributed by atoms with Crippen molar-refractivity contribution in [2.75, 3.05) is 11.9 Å². The predicted octanol–water partition coefficient (Wildman–Crippen LogP) is 3.94. The molecule has 0 spiro atoms. The van der Waals surface area contributed by atoms with Crippen LogP contribution in [0.25, 0.3) is 16.9 Å². The lowest BCUT2D eigenvalue weighted by Crippen LogP contribution is -2.42. The van der Waals surface area contributed by atoms with Gasteiger partial charge in [-0.3, -0.25) is 14.2 Å². The minimum absolute atomic E-state index is 0.0197. The smallest absolute Gasteiger partial charge is 0.255 e. The van der Waals surface area contributed by atoms with Crippen LogP contribution in [0.3, 0.4) is 0 Å². The highest BCUT2D eigenvalue weighted by Gasteiger charge is 2.27. The molecule has 0 saturated heterocycles. The first kappa shape index (κ1) is 28.7. The molecule has 0 aliphatic carbocycles. The maximum Gasteiger partial charge on any atom is 0.255 e. The molecule has 0 saturated carbocycles. The molecule has 0 radical (unpaired) electrons. The highest BCUT2D eigenvalue weighted by molar-refractivity contribution is 5.99. The summed E-state index contributed by atoms with van der Waals surface area (Å²) in [6.07, 6.45) is 3.69. The van der Waals surface area contributed by atoms with Crippen molar-refractivity contribution in [1.82, 2.24) is 25.2 Å². The number of nitrogens with zero attached hydrogens (tertiary/aromatic N) is 3. The fourth-order valence-corrected chi connectivity index (χ4v) is 4.11. The molecule has 3 aromatic heterocycles. The van der Waals surface area contributed by atoms with E-state index in [4.69, 9.17) is 0 Å². The number of pyridine rings is 2. The van der Waals surface area contributed by atoms with E-state index in [-0.39, 0.29) is 24.1 Å². The zero-order valence-corrected chi connectivity index (χ0v) is 23.1. The second kappa shape index (κ2) is 12.3. The molecular weight excluding hydrogens is 511 g/mol. The van der Waals surface area contributed by atoms with Crippen LogP contribution in [0.2, 0.25) is 0 Å². The van der Waals surface area contributed by atoms with Crippen LogP contribution in [0.1, 0.15) is 49.2 Å². The van der Waals surface area contributed by atoms with E-state index in [2.05, 4.69) is 25.9 Å². The van der Waals surface area contributed by atoms with E-state index in [0.29, 0.717) is 30.1 Å².